The Hall–Kier alpha value is -0.860. The van der Waals surface area contributed by atoms with Crippen molar-refractivity contribution in [2.45, 2.75) is 57.8 Å². The van der Waals surface area contributed by atoms with Crippen LogP contribution in [0.3, 0.4) is 0 Å². The smallest absolute Gasteiger partial charge is 0.163 e. The first kappa shape index (κ1) is 14.1. The molecule has 0 radical (unpaired) electrons. The highest BCUT2D eigenvalue weighted by molar-refractivity contribution is 5.19. The van der Waals surface area contributed by atoms with Crippen LogP contribution < -0.4 is 0 Å². The molecular formula is C18H26O2. The topological polar surface area (TPSA) is 18.5 Å². The lowest BCUT2D eigenvalue weighted by atomic mass is 9.76. The second kappa shape index (κ2) is 5.87. The summed E-state index contributed by atoms with van der Waals surface area (Å²) in [6, 6.07) is 10.7. The van der Waals surface area contributed by atoms with Gasteiger partial charge in [0.1, 0.15) is 0 Å². The number of benzene rings is 1. The second-order valence-electron chi connectivity index (χ2n) is 6.72. The maximum atomic E-state index is 6.30. The van der Waals surface area contributed by atoms with Crippen molar-refractivity contribution >= 4 is 0 Å². The van der Waals surface area contributed by atoms with Crippen LogP contribution in [0.25, 0.3) is 0 Å². The standard InChI is InChI=1S/C18H26O2/c1-18(2)19-13-16(14-9-5-3-6-10-14)17(20-18)15-11-7-4-8-12-15/h4,7-8,11-12,14,16-17H,3,5-6,9-10,13H2,1-2H3/t16-,17-/m1/s1. The van der Waals surface area contributed by atoms with Gasteiger partial charge in [-0.1, -0.05) is 49.6 Å². The number of rotatable bonds is 2. The fraction of sp³-hybridized carbons (Fsp3) is 0.667. The monoisotopic (exact) mass is 274 g/mol. The van der Waals surface area contributed by atoms with Gasteiger partial charge in [-0.2, -0.15) is 0 Å². The minimum Gasteiger partial charge on any atom is -0.350 e. The first-order chi connectivity index (χ1) is 9.66. The Labute approximate surface area is 122 Å². The lowest BCUT2D eigenvalue weighted by molar-refractivity contribution is -0.303. The summed E-state index contributed by atoms with van der Waals surface area (Å²) in [6.45, 7) is 4.89. The molecule has 0 N–H and O–H groups in total. The molecule has 0 spiro atoms. The molecule has 1 aliphatic heterocycles. The molecule has 1 aliphatic carbocycles. The van der Waals surface area contributed by atoms with Gasteiger partial charge in [0.05, 0.1) is 12.7 Å². The van der Waals surface area contributed by atoms with Crippen molar-refractivity contribution in [1.82, 2.24) is 0 Å². The third-order valence-electron chi connectivity index (χ3n) is 4.81. The van der Waals surface area contributed by atoms with Crippen LogP contribution in [0.5, 0.6) is 0 Å². The Morgan fingerprint density at radius 1 is 1.00 bits per heavy atom. The molecule has 1 aromatic carbocycles. The Bertz CT molecular complexity index is 420. The maximum absolute atomic E-state index is 6.30. The molecule has 1 heterocycles. The van der Waals surface area contributed by atoms with Crippen molar-refractivity contribution in [3.63, 3.8) is 0 Å². The van der Waals surface area contributed by atoms with E-state index in [-0.39, 0.29) is 6.10 Å². The molecular weight excluding hydrogens is 248 g/mol. The van der Waals surface area contributed by atoms with Gasteiger partial charge in [0.25, 0.3) is 0 Å². The molecule has 1 saturated carbocycles. The number of hydrogen-bond donors (Lipinski definition) is 0. The zero-order valence-corrected chi connectivity index (χ0v) is 12.7. The average molecular weight is 274 g/mol. The maximum Gasteiger partial charge on any atom is 0.163 e. The van der Waals surface area contributed by atoms with Crippen LogP contribution in [0, 0.1) is 11.8 Å². The predicted molar refractivity (Wildman–Crippen MR) is 80.4 cm³/mol. The van der Waals surface area contributed by atoms with E-state index in [9.17, 15) is 0 Å². The van der Waals surface area contributed by atoms with Gasteiger partial charge >= 0.3 is 0 Å². The SMILES string of the molecule is CC1(C)OC[C@H](C2CCCCC2)[C@@H](c2ccccc2)O1. The van der Waals surface area contributed by atoms with Crippen molar-refractivity contribution in [2.24, 2.45) is 11.8 Å². The summed E-state index contributed by atoms with van der Waals surface area (Å²) < 4.78 is 12.3. The van der Waals surface area contributed by atoms with Gasteiger partial charge in [0.2, 0.25) is 0 Å². The van der Waals surface area contributed by atoms with Crippen LogP contribution in [0.1, 0.15) is 57.6 Å². The van der Waals surface area contributed by atoms with E-state index in [2.05, 4.69) is 30.3 Å². The van der Waals surface area contributed by atoms with E-state index in [1.165, 1.54) is 37.7 Å². The van der Waals surface area contributed by atoms with Crippen molar-refractivity contribution in [3.8, 4) is 0 Å². The summed E-state index contributed by atoms with van der Waals surface area (Å²) in [7, 11) is 0. The van der Waals surface area contributed by atoms with E-state index >= 15 is 0 Å². The van der Waals surface area contributed by atoms with Gasteiger partial charge in [-0.15, -0.1) is 0 Å². The molecule has 0 aromatic heterocycles. The largest absolute Gasteiger partial charge is 0.350 e. The third-order valence-corrected chi connectivity index (χ3v) is 4.81. The van der Waals surface area contributed by atoms with Gasteiger partial charge in [-0.25, -0.2) is 0 Å². The molecule has 0 amide bonds. The minimum atomic E-state index is -0.467. The quantitative estimate of drug-likeness (QED) is 0.777. The molecule has 3 rings (SSSR count). The minimum absolute atomic E-state index is 0.183. The molecule has 2 nitrogen and oxygen atoms in total. The highest BCUT2D eigenvalue weighted by Gasteiger charge is 2.41. The molecule has 2 fully saturated rings. The summed E-state index contributed by atoms with van der Waals surface area (Å²) in [5.41, 5.74) is 1.31. The van der Waals surface area contributed by atoms with E-state index in [4.69, 9.17) is 9.47 Å². The zero-order chi connectivity index (χ0) is 14.0. The summed E-state index contributed by atoms with van der Waals surface area (Å²) in [5.74, 6) is 0.793. The Morgan fingerprint density at radius 3 is 2.40 bits per heavy atom. The summed E-state index contributed by atoms with van der Waals surface area (Å²) in [5, 5.41) is 0. The Kier molecular flexibility index (Phi) is 4.13. The van der Waals surface area contributed by atoms with Gasteiger partial charge < -0.3 is 9.47 Å². The molecule has 0 unspecified atom stereocenters. The van der Waals surface area contributed by atoms with Crippen LogP contribution in [0.2, 0.25) is 0 Å². The van der Waals surface area contributed by atoms with Crippen LogP contribution >= 0.6 is 0 Å². The van der Waals surface area contributed by atoms with Crippen molar-refractivity contribution in [1.29, 1.82) is 0 Å². The van der Waals surface area contributed by atoms with Crippen molar-refractivity contribution < 1.29 is 9.47 Å². The fourth-order valence-corrected chi connectivity index (χ4v) is 3.72. The molecule has 110 valence electrons. The Balaban J connectivity index is 1.83. The van der Waals surface area contributed by atoms with E-state index in [1.54, 1.807) is 0 Å². The molecule has 2 aliphatic rings. The summed E-state index contributed by atoms with van der Waals surface area (Å²) in [6.07, 6.45) is 6.98. The normalized spacial score (nSPS) is 31.1. The molecule has 1 aromatic rings. The Morgan fingerprint density at radius 2 is 1.70 bits per heavy atom. The van der Waals surface area contributed by atoms with Crippen LogP contribution in [-0.2, 0) is 9.47 Å². The lowest BCUT2D eigenvalue weighted by Crippen LogP contribution is -2.44. The van der Waals surface area contributed by atoms with Crippen molar-refractivity contribution in [3.05, 3.63) is 35.9 Å². The summed E-state index contributed by atoms with van der Waals surface area (Å²) >= 11 is 0. The predicted octanol–water partition coefficient (Wildman–Crippen LogP) is 4.71. The second-order valence-corrected chi connectivity index (χ2v) is 6.72. The van der Waals surface area contributed by atoms with E-state index in [0.29, 0.717) is 5.92 Å². The summed E-state index contributed by atoms with van der Waals surface area (Å²) in [4.78, 5) is 0. The third kappa shape index (κ3) is 3.07. The fourth-order valence-electron chi connectivity index (χ4n) is 3.72. The molecule has 1 saturated heterocycles. The van der Waals surface area contributed by atoms with Gasteiger partial charge in [-0.05, 0) is 38.2 Å². The van der Waals surface area contributed by atoms with E-state index in [1.807, 2.05) is 13.8 Å². The van der Waals surface area contributed by atoms with Gasteiger partial charge in [0, 0.05) is 5.92 Å². The number of hydrogen-bond acceptors (Lipinski definition) is 2. The van der Waals surface area contributed by atoms with Crippen LogP contribution in [0.15, 0.2) is 30.3 Å². The van der Waals surface area contributed by atoms with Crippen molar-refractivity contribution in [2.75, 3.05) is 6.61 Å². The average Bonchev–Trinajstić information content (AvgIpc) is 2.48. The lowest BCUT2D eigenvalue weighted by Gasteiger charge is -2.45. The molecule has 20 heavy (non-hydrogen) atoms. The molecule has 2 heteroatoms. The van der Waals surface area contributed by atoms with Crippen LogP contribution in [-0.4, -0.2) is 12.4 Å². The zero-order valence-electron chi connectivity index (χ0n) is 12.7. The first-order valence-electron chi connectivity index (χ1n) is 8.02. The molecule has 2 atom stereocenters. The highest BCUT2D eigenvalue weighted by Crippen LogP contribution is 2.44. The van der Waals surface area contributed by atoms with Gasteiger partial charge in [-0.3, -0.25) is 0 Å². The first-order valence-corrected chi connectivity index (χ1v) is 8.02. The van der Waals surface area contributed by atoms with E-state index < -0.39 is 5.79 Å². The highest BCUT2D eigenvalue weighted by atomic mass is 16.7. The van der Waals surface area contributed by atoms with E-state index in [0.717, 1.165) is 12.5 Å². The number of ether oxygens (including phenoxy) is 2. The van der Waals surface area contributed by atoms with Gasteiger partial charge in [0.15, 0.2) is 5.79 Å². The van der Waals surface area contributed by atoms with Crippen LogP contribution in [0.4, 0.5) is 0 Å². The molecule has 0 bridgehead atoms.